The number of hydrogen-bond donors (Lipinski definition) is 1. The minimum absolute atomic E-state index is 0.0357. The number of hydrogen-bond acceptors (Lipinski definition) is 2. The monoisotopic (exact) mass is 310 g/mol. The topological polar surface area (TPSA) is 35.8 Å². The van der Waals surface area contributed by atoms with E-state index in [1.165, 1.54) is 18.2 Å². The van der Waals surface area contributed by atoms with Crippen molar-refractivity contribution in [1.29, 1.82) is 5.26 Å². The second-order valence-corrected chi connectivity index (χ2v) is 4.75. The summed E-state index contributed by atoms with van der Waals surface area (Å²) in [7, 11) is 0. The van der Waals surface area contributed by atoms with Crippen LogP contribution in [0.4, 0.5) is 18.9 Å². The van der Waals surface area contributed by atoms with Crippen LogP contribution in [0.1, 0.15) is 16.7 Å². The largest absolute Gasteiger partial charge is 0.416 e. The first kappa shape index (κ1) is 15.2. The Kier molecular flexibility index (Phi) is 4.39. The summed E-state index contributed by atoms with van der Waals surface area (Å²) in [6.45, 7) is -0.0357. The summed E-state index contributed by atoms with van der Waals surface area (Å²) in [5.74, 6) is 0. The Labute approximate surface area is 124 Å². The number of halogens is 4. The normalized spacial score (nSPS) is 11.0. The molecule has 0 saturated heterocycles. The van der Waals surface area contributed by atoms with Crippen LogP contribution in [0, 0.1) is 11.3 Å². The van der Waals surface area contributed by atoms with E-state index < -0.39 is 11.7 Å². The highest BCUT2D eigenvalue weighted by Crippen LogP contribution is 2.32. The maximum Gasteiger partial charge on any atom is 0.416 e. The molecule has 0 fully saturated rings. The molecule has 2 nitrogen and oxygen atoms in total. The molecule has 0 aliphatic carbocycles. The van der Waals surface area contributed by atoms with Crippen molar-refractivity contribution in [2.45, 2.75) is 12.7 Å². The number of benzene rings is 2. The zero-order chi connectivity index (χ0) is 15.5. The van der Waals surface area contributed by atoms with E-state index in [2.05, 4.69) is 5.32 Å². The molecule has 0 radical (unpaired) electrons. The van der Waals surface area contributed by atoms with Crippen LogP contribution in [-0.2, 0) is 12.7 Å². The van der Waals surface area contributed by atoms with Crippen LogP contribution in [0.3, 0.4) is 0 Å². The summed E-state index contributed by atoms with van der Waals surface area (Å²) in [5, 5.41) is 12.2. The molecular formula is C15H10ClF3N2. The van der Waals surface area contributed by atoms with E-state index in [9.17, 15) is 13.2 Å². The van der Waals surface area contributed by atoms with E-state index in [0.29, 0.717) is 10.7 Å². The highest BCUT2D eigenvalue weighted by molar-refractivity contribution is 6.30. The summed E-state index contributed by atoms with van der Waals surface area (Å²) >= 11 is 5.77. The third-order valence-corrected chi connectivity index (χ3v) is 3.13. The first-order valence-electron chi connectivity index (χ1n) is 6.00. The van der Waals surface area contributed by atoms with Crippen molar-refractivity contribution in [3.8, 4) is 6.07 Å². The van der Waals surface area contributed by atoms with Crippen molar-refractivity contribution in [3.63, 3.8) is 0 Å². The zero-order valence-electron chi connectivity index (χ0n) is 10.7. The standard InChI is InChI=1S/C15H10ClF3N2/c16-12-5-6-14(11(7-12)8-20)21-9-10-3-1-2-4-13(10)15(17,18)19/h1-7,21H,9H2. The Morgan fingerprint density at radius 2 is 1.86 bits per heavy atom. The van der Waals surface area contributed by atoms with E-state index in [0.717, 1.165) is 6.07 Å². The maximum absolute atomic E-state index is 12.9. The van der Waals surface area contributed by atoms with Gasteiger partial charge in [0.15, 0.2) is 0 Å². The summed E-state index contributed by atoms with van der Waals surface area (Å²) in [6, 6.07) is 11.9. The molecule has 0 saturated carbocycles. The highest BCUT2D eigenvalue weighted by Gasteiger charge is 2.32. The molecule has 0 unspecified atom stereocenters. The predicted molar refractivity (Wildman–Crippen MR) is 74.9 cm³/mol. The van der Waals surface area contributed by atoms with Crippen LogP contribution in [0.2, 0.25) is 5.02 Å². The van der Waals surface area contributed by atoms with Crippen LogP contribution in [0.5, 0.6) is 0 Å². The molecule has 0 heterocycles. The number of nitrogens with one attached hydrogen (secondary N) is 1. The Morgan fingerprint density at radius 1 is 1.14 bits per heavy atom. The summed E-state index contributed by atoms with van der Waals surface area (Å²) in [6.07, 6.45) is -4.41. The van der Waals surface area contributed by atoms with Gasteiger partial charge < -0.3 is 5.32 Å². The second kappa shape index (κ2) is 6.06. The summed E-state index contributed by atoms with van der Waals surface area (Å²) in [5.41, 5.74) is 0.152. The third-order valence-electron chi connectivity index (χ3n) is 2.89. The third kappa shape index (κ3) is 3.67. The van der Waals surface area contributed by atoms with E-state index >= 15 is 0 Å². The smallest absolute Gasteiger partial charge is 0.380 e. The SMILES string of the molecule is N#Cc1cc(Cl)ccc1NCc1ccccc1C(F)(F)F. The summed E-state index contributed by atoms with van der Waals surface area (Å²) < 4.78 is 38.6. The molecule has 0 aliphatic heterocycles. The second-order valence-electron chi connectivity index (χ2n) is 4.31. The summed E-state index contributed by atoms with van der Waals surface area (Å²) in [4.78, 5) is 0. The number of rotatable bonds is 3. The lowest BCUT2D eigenvalue weighted by atomic mass is 10.1. The van der Waals surface area contributed by atoms with Crippen LogP contribution >= 0.6 is 11.6 Å². The molecule has 0 aliphatic rings. The van der Waals surface area contributed by atoms with Crippen molar-refractivity contribution < 1.29 is 13.2 Å². The maximum atomic E-state index is 12.9. The molecule has 1 N–H and O–H groups in total. The van der Waals surface area contributed by atoms with Crippen molar-refractivity contribution >= 4 is 17.3 Å². The molecule has 2 aromatic rings. The van der Waals surface area contributed by atoms with E-state index in [1.807, 2.05) is 6.07 Å². The molecule has 0 aromatic heterocycles. The van der Waals surface area contributed by atoms with Crippen molar-refractivity contribution in [2.24, 2.45) is 0 Å². The van der Waals surface area contributed by atoms with Gasteiger partial charge in [0.25, 0.3) is 0 Å². The van der Waals surface area contributed by atoms with Crippen LogP contribution in [0.15, 0.2) is 42.5 Å². The van der Waals surface area contributed by atoms with Gasteiger partial charge in [-0.2, -0.15) is 18.4 Å². The average Bonchev–Trinajstić information content (AvgIpc) is 2.45. The fourth-order valence-corrected chi connectivity index (χ4v) is 2.08. The Balaban J connectivity index is 2.24. The van der Waals surface area contributed by atoms with E-state index in [4.69, 9.17) is 16.9 Å². The van der Waals surface area contributed by atoms with Gasteiger partial charge in [-0.05, 0) is 29.8 Å². The van der Waals surface area contributed by atoms with E-state index in [1.54, 1.807) is 18.2 Å². The number of nitrogens with zero attached hydrogens (tertiary/aromatic N) is 1. The van der Waals surface area contributed by atoms with Crippen LogP contribution in [-0.4, -0.2) is 0 Å². The average molecular weight is 311 g/mol. The predicted octanol–water partition coefficient (Wildman–Crippen LogP) is 4.84. The fraction of sp³-hybridized carbons (Fsp3) is 0.133. The van der Waals surface area contributed by atoms with Gasteiger partial charge in [0, 0.05) is 11.6 Å². The van der Waals surface area contributed by atoms with E-state index in [-0.39, 0.29) is 17.7 Å². The molecule has 0 atom stereocenters. The lowest BCUT2D eigenvalue weighted by Crippen LogP contribution is -2.12. The number of nitriles is 1. The van der Waals surface area contributed by atoms with Crippen LogP contribution < -0.4 is 5.32 Å². The van der Waals surface area contributed by atoms with Crippen molar-refractivity contribution in [1.82, 2.24) is 0 Å². The molecule has 0 bridgehead atoms. The number of alkyl halides is 3. The number of anilines is 1. The quantitative estimate of drug-likeness (QED) is 0.880. The van der Waals surface area contributed by atoms with Gasteiger partial charge in [0.1, 0.15) is 6.07 Å². The van der Waals surface area contributed by atoms with Gasteiger partial charge in [0.05, 0.1) is 16.8 Å². The highest BCUT2D eigenvalue weighted by atomic mass is 35.5. The Morgan fingerprint density at radius 3 is 2.52 bits per heavy atom. The molecule has 2 rings (SSSR count). The molecule has 0 spiro atoms. The molecular weight excluding hydrogens is 301 g/mol. The fourth-order valence-electron chi connectivity index (χ4n) is 1.90. The Hall–Kier alpha value is -2.19. The minimum Gasteiger partial charge on any atom is -0.380 e. The first-order chi connectivity index (χ1) is 9.91. The van der Waals surface area contributed by atoms with Crippen molar-refractivity contribution in [3.05, 3.63) is 64.2 Å². The van der Waals surface area contributed by atoms with Gasteiger partial charge in [0.2, 0.25) is 0 Å². The minimum atomic E-state index is -4.41. The van der Waals surface area contributed by atoms with Gasteiger partial charge >= 0.3 is 6.18 Å². The molecule has 108 valence electrons. The molecule has 21 heavy (non-hydrogen) atoms. The van der Waals surface area contributed by atoms with Gasteiger partial charge in [-0.25, -0.2) is 0 Å². The molecule has 2 aromatic carbocycles. The van der Waals surface area contributed by atoms with Crippen molar-refractivity contribution in [2.75, 3.05) is 5.32 Å². The molecule has 6 heteroatoms. The van der Waals surface area contributed by atoms with Gasteiger partial charge in [-0.1, -0.05) is 29.8 Å². The van der Waals surface area contributed by atoms with Crippen LogP contribution in [0.25, 0.3) is 0 Å². The Bertz CT molecular complexity index is 690. The van der Waals surface area contributed by atoms with Gasteiger partial charge in [-0.3, -0.25) is 0 Å². The zero-order valence-corrected chi connectivity index (χ0v) is 11.5. The lowest BCUT2D eigenvalue weighted by molar-refractivity contribution is -0.138. The first-order valence-corrected chi connectivity index (χ1v) is 6.38. The lowest BCUT2D eigenvalue weighted by Gasteiger charge is -2.14. The van der Waals surface area contributed by atoms with Gasteiger partial charge in [-0.15, -0.1) is 0 Å². The molecule has 0 amide bonds.